The molecule has 1 atom stereocenters. The molecule has 1 aliphatic rings. The number of benzene rings is 1. The molecule has 0 spiro atoms. The van der Waals surface area contributed by atoms with Crippen molar-refractivity contribution >= 4 is 9.84 Å². The van der Waals surface area contributed by atoms with Crippen LogP contribution >= 0.6 is 0 Å². The van der Waals surface area contributed by atoms with Gasteiger partial charge in [0, 0.05) is 26.2 Å². The quantitative estimate of drug-likeness (QED) is 0.529. The van der Waals surface area contributed by atoms with Gasteiger partial charge in [-0.05, 0) is 57.3 Å². The van der Waals surface area contributed by atoms with Crippen molar-refractivity contribution in [1.82, 2.24) is 19.4 Å². The summed E-state index contributed by atoms with van der Waals surface area (Å²) in [5.41, 5.74) is 2.27. The predicted octanol–water partition coefficient (Wildman–Crippen LogP) is 3.47. The van der Waals surface area contributed by atoms with E-state index in [9.17, 15) is 8.42 Å². The van der Waals surface area contributed by atoms with Crippen LogP contribution in [0.3, 0.4) is 0 Å². The Balaban J connectivity index is 1.68. The number of aromatic nitrogens is 2. The number of likely N-dealkylation sites (tertiary alicyclic amines) is 1. The highest BCUT2D eigenvalue weighted by atomic mass is 32.2. The summed E-state index contributed by atoms with van der Waals surface area (Å²) in [5.74, 6) is 0.749. The highest BCUT2D eigenvalue weighted by Gasteiger charge is 2.24. The zero-order valence-electron chi connectivity index (χ0n) is 19.3. The molecule has 0 saturated carbocycles. The summed E-state index contributed by atoms with van der Waals surface area (Å²) in [6, 6.07) is 10.4. The Bertz CT molecular complexity index is 911. The number of imidazole rings is 1. The molecule has 1 aromatic heterocycles. The second-order valence-corrected chi connectivity index (χ2v) is 10.9. The molecule has 0 N–H and O–H groups in total. The molecule has 0 aliphatic carbocycles. The van der Waals surface area contributed by atoms with Crippen molar-refractivity contribution in [2.24, 2.45) is 5.92 Å². The first-order valence-corrected chi connectivity index (χ1v) is 13.3. The molecular weight excluding hydrogens is 408 g/mol. The number of nitrogens with zero attached hydrogens (tertiary/aromatic N) is 4. The van der Waals surface area contributed by atoms with E-state index in [4.69, 9.17) is 0 Å². The summed E-state index contributed by atoms with van der Waals surface area (Å²) in [7, 11) is -1.21. The fourth-order valence-corrected chi connectivity index (χ4v) is 5.61. The molecule has 2 aromatic rings. The van der Waals surface area contributed by atoms with Crippen LogP contribution in [0, 0.1) is 5.92 Å². The van der Waals surface area contributed by atoms with Gasteiger partial charge in [0.05, 0.1) is 17.6 Å². The minimum absolute atomic E-state index is 0.0763. The maximum absolute atomic E-state index is 12.6. The van der Waals surface area contributed by atoms with Crippen LogP contribution in [0.25, 0.3) is 0 Å². The predicted molar refractivity (Wildman–Crippen MR) is 126 cm³/mol. The van der Waals surface area contributed by atoms with E-state index >= 15 is 0 Å². The van der Waals surface area contributed by atoms with E-state index in [2.05, 4.69) is 40.9 Å². The first kappa shape index (κ1) is 24.0. The fourth-order valence-electron chi connectivity index (χ4n) is 4.59. The van der Waals surface area contributed by atoms with Gasteiger partial charge in [-0.3, -0.25) is 0 Å². The van der Waals surface area contributed by atoms with E-state index in [1.54, 1.807) is 13.1 Å². The average molecular weight is 447 g/mol. The minimum Gasteiger partial charge on any atom is -0.318 e. The summed E-state index contributed by atoms with van der Waals surface area (Å²) in [4.78, 5) is 9.21. The molecule has 1 fully saturated rings. The third-order valence-electron chi connectivity index (χ3n) is 6.30. The average Bonchev–Trinajstić information content (AvgIpc) is 3.17. The lowest BCUT2D eigenvalue weighted by molar-refractivity contribution is 0.145. The van der Waals surface area contributed by atoms with Crippen molar-refractivity contribution in [1.29, 1.82) is 0 Å². The number of hydrogen-bond acceptors (Lipinski definition) is 5. The van der Waals surface area contributed by atoms with Gasteiger partial charge in [0.25, 0.3) is 0 Å². The number of rotatable bonds is 11. The molecule has 2 heterocycles. The maximum Gasteiger partial charge on any atom is 0.227 e. The SMILES string of the molecule is CCN1CCC[C@H](CN(C)Cc2cnc(S(=O)(=O)CC)n2CCCc2ccccc2)C1. The Morgan fingerprint density at radius 3 is 2.68 bits per heavy atom. The first-order chi connectivity index (χ1) is 14.9. The molecule has 6 nitrogen and oxygen atoms in total. The van der Waals surface area contributed by atoms with E-state index in [0.29, 0.717) is 12.5 Å². The molecule has 1 aliphatic heterocycles. The van der Waals surface area contributed by atoms with Crippen LogP contribution in [0.1, 0.15) is 44.4 Å². The zero-order chi connectivity index (χ0) is 22.3. The third-order valence-corrected chi connectivity index (χ3v) is 7.94. The van der Waals surface area contributed by atoms with Crippen molar-refractivity contribution < 1.29 is 8.42 Å². The van der Waals surface area contributed by atoms with Gasteiger partial charge in [0.2, 0.25) is 15.0 Å². The standard InChI is InChI=1S/C24H38N4O2S/c1-4-27-15-9-14-22(19-27)18-26(3)20-23-17-25-24(31(29,30)5-2)28(23)16-10-13-21-11-7-6-8-12-21/h6-8,11-12,17,22H,4-5,9-10,13-16,18-20H2,1-3H3/t22-/m1/s1. The van der Waals surface area contributed by atoms with Crippen molar-refractivity contribution in [2.75, 3.05) is 39.0 Å². The van der Waals surface area contributed by atoms with Gasteiger partial charge in [0.15, 0.2) is 0 Å². The molecule has 0 radical (unpaired) electrons. The Kier molecular flexibility index (Phi) is 8.69. The smallest absolute Gasteiger partial charge is 0.227 e. The van der Waals surface area contributed by atoms with Crippen LogP contribution in [0.5, 0.6) is 0 Å². The highest BCUT2D eigenvalue weighted by Crippen LogP contribution is 2.20. The van der Waals surface area contributed by atoms with Crippen molar-refractivity contribution in [3.8, 4) is 0 Å². The summed E-state index contributed by atoms with van der Waals surface area (Å²) < 4.78 is 27.2. The van der Waals surface area contributed by atoms with Crippen LogP contribution in [0.2, 0.25) is 0 Å². The van der Waals surface area contributed by atoms with Gasteiger partial charge < -0.3 is 14.4 Å². The summed E-state index contributed by atoms with van der Waals surface area (Å²) in [5, 5.41) is 0.223. The van der Waals surface area contributed by atoms with Gasteiger partial charge in [-0.15, -0.1) is 0 Å². The largest absolute Gasteiger partial charge is 0.318 e. The Morgan fingerprint density at radius 2 is 1.97 bits per heavy atom. The molecule has 0 amide bonds. The van der Waals surface area contributed by atoms with E-state index in [1.165, 1.54) is 24.9 Å². The molecule has 1 aromatic carbocycles. The lowest BCUT2D eigenvalue weighted by Gasteiger charge is -2.34. The van der Waals surface area contributed by atoms with Crippen LogP contribution in [0.4, 0.5) is 0 Å². The number of hydrogen-bond donors (Lipinski definition) is 0. The monoisotopic (exact) mass is 446 g/mol. The Labute approximate surface area is 188 Å². The van der Waals surface area contributed by atoms with Gasteiger partial charge in [-0.1, -0.05) is 44.2 Å². The molecule has 3 rings (SSSR count). The first-order valence-electron chi connectivity index (χ1n) is 11.6. The maximum atomic E-state index is 12.6. The second-order valence-electron chi connectivity index (χ2n) is 8.77. The molecule has 7 heteroatoms. The highest BCUT2D eigenvalue weighted by molar-refractivity contribution is 7.91. The molecular formula is C24H38N4O2S. The summed E-state index contributed by atoms with van der Waals surface area (Å²) in [6.07, 6.45) is 6.11. The second kappa shape index (κ2) is 11.2. The van der Waals surface area contributed by atoms with E-state index in [-0.39, 0.29) is 10.9 Å². The van der Waals surface area contributed by atoms with Gasteiger partial charge >= 0.3 is 0 Å². The topological polar surface area (TPSA) is 58.4 Å². The molecule has 0 unspecified atom stereocenters. The van der Waals surface area contributed by atoms with Gasteiger partial charge in [-0.25, -0.2) is 13.4 Å². The van der Waals surface area contributed by atoms with Gasteiger partial charge in [-0.2, -0.15) is 0 Å². The lowest BCUT2D eigenvalue weighted by Crippen LogP contribution is -2.39. The minimum atomic E-state index is -3.35. The van der Waals surface area contributed by atoms with Crippen molar-refractivity contribution in [2.45, 2.75) is 57.8 Å². The van der Waals surface area contributed by atoms with Crippen LogP contribution in [0.15, 0.2) is 41.7 Å². The van der Waals surface area contributed by atoms with E-state index < -0.39 is 9.84 Å². The molecule has 1 saturated heterocycles. The van der Waals surface area contributed by atoms with E-state index in [1.807, 2.05) is 22.8 Å². The summed E-state index contributed by atoms with van der Waals surface area (Å²) in [6.45, 7) is 9.83. The fraction of sp³-hybridized carbons (Fsp3) is 0.625. The normalized spacial score (nSPS) is 18.0. The lowest BCUT2D eigenvalue weighted by atomic mass is 9.97. The van der Waals surface area contributed by atoms with Crippen LogP contribution in [-0.2, 0) is 29.3 Å². The van der Waals surface area contributed by atoms with Gasteiger partial charge in [0.1, 0.15) is 0 Å². The van der Waals surface area contributed by atoms with Crippen molar-refractivity contribution in [3.05, 3.63) is 47.8 Å². The van der Waals surface area contributed by atoms with E-state index in [0.717, 1.165) is 44.7 Å². The third kappa shape index (κ3) is 6.64. The van der Waals surface area contributed by atoms with Crippen LogP contribution in [-0.4, -0.2) is 66.7 Å². The van der Waals surface area contributed by atoms with Crippen molar-refractivity contribution in [3.63, 3.8) is 0 Å². The Morgan fingerprint density at radius 1 is 1.19 bits per heavy atom. The Hall–Kier alpha value is -1.70. The molecule has 31 heavy (non-hydrogen) atoms. The number of sulfone groups is 1. The number of aryl methyl sites for hydroxylation is 1. The molecule has 0 bridgehead atoms. The summed E-state index contributed by atoms with van der Waals surface area (Å²) >= 11 is 0. The molecule has 172 valence electrons. The van der Waals surface area contributed by atoms with Crippen LogP contribution < -0.4 is 0 Å². The zero-order valence-corrected chi connectivity index (χ0v) is 20.1. The number of piperidine rings is 1.